The van der Waals surface area contributed by atoms with Crippen molar-refractivity contribution in [1.29, 1.82) is 0 Å². The van der Waals surface area contributed by atoms with Gasteiger partial charge in [0, 0.05) is 0 Å². The van der Waals surface area contributed by atoms with Crippen LogP contribution in [0.15, 0.2) is 0 Å². The van der Waals surface area contributed by atoms with Crippen molar-refractivity contribution in [3.05, 3.63) is 0 Å². The van der Waals surface area contributed by atoms with Gasteiger partial charge in [0.1, 0.15) is 0 Å². The van der Waals surface area contributed by atoms with Gasteiger partial charge in [-0.3, -0.25) is 0 Å². The van der Waals surface area contributed by atoms with E-state index in [0.717, 1.165) is 0 Å². The zero-order valence-corrected chi connectivity index (χ0v) is 6.80. The number of hydrogen-bond donors (Lipinski definition) is 3. The summed E-state index contributed by atoms with van der Waals surface area (Å²) in [5, 5.41) is 0. The molecular formula is H4NO3PPo. The molecule has 0 aromatic heterocycles. The van der Waals surface area contributed by atoms with Crippen LogP contribution in [0.4, 0.5) is 0 Å². The first-order valence-corrected chi connectivity index (χ1v) is 8.62. The van der Waals surface area contributed by atoms with Crippen LogP contribution in [-0.4, -0.2) is 33.1 Å². The summed E-state index contributed by atoms with van der Waals surface area (Å²) in [5.74, 6) is 0. The van der Waals surface area contributed by atoms with Crippen molar-refractivity contribution < 1.29 is 14.4 Å². The van der Waals surface area contributed by atoms with Crippen LogP contribution in [0.1, 0.15) is 0 Å². The summed E-state index contributed by atoms with van der Waals surface area (Å²) in [6.45, 7) is 0. The topological polar surface area (TPSA) is 83.6 Å². The fourth-order valence-electron chi connectivity index (χ4n) is 0. The fourth-order valence-corrected chi connectivity index (χ4v) is 0. The van der Waals surface area contributed by atoms with Crippen LogP contribution in [0.25, 0.3) is 0 Å². The third-order valence-corrected chi connectivity index (χ3v) is 3.61. The van der Waals surface area contributed by atoms with E-state index in [1.807, 2.05) is 0 Å². The Bertz CT molecular complexity index is 74.9. The normalized spacial score (nSPS) is 11.8. The van der Waals surface area contributed by atoms with E-state index in [1.54, 1.807) is 0 Å². The number of nitrogens with two attached hydrogens (primary N) is 1. The van der Waals surface area contributed by atoms with Gasteiger partial charge in [-0.15, -0.1) is 0 Å². The van der Waals surface area contributed by atoms with Gasteiger partial charge in [0.15, 0.2) is 0 Å². The van der Waals surface area contributed by atoms with E-state index in [1.165, 1.54) is 0 Å². The Morgan fingerprint density at radius 1 is 1.67 bits per heavy atom. The first-order chi connectivity index (χ1) is 2.56. The summed E-state index contributed by atoms with van der Waals surface area (Å²) in [5.41, 5.74) is 0. The molecule has 0 unspecified atom stereocenters. The van der Waals surface area contributed by atoms with Crippen LogP contribution in [0.3, 0.4) is 0 Å². The van der Waals surface area contributed by atoms with Crippen LogP contribution in [0.5, 0.6) is 0 Å². The van der Waals surface area contributed by atoms with E-state index in [9.17, 15) is 4.57 Å². The van der Waals surface area contributed by atoms with Crippen molar-refractivity contribution >= 4 is 28.1 Å². The molecule has 0 fully saturated rings. The summed E-state index contributed by atoms with van der Waals surface area (Å²) in [7, 11) is 0. The second-order valence-corrected chi connectivity index (χ2v) is 9.79. The molecule has 0 saturated carbocycles. The Kier molecular flexibility index (Phi) is 2.74. The first-order valence-electron chi connectivity index (χ1n) is 1.00. The molecule has 38 valence electrons. The molecule has 0 bridgehead atoms. The molecule has 0 rings (SSSR count). The van der Waals surface area contributed by atoms with Gasteiger partial charge < -0.3 is 0 Å². The molecule has 4 nitrogen and oxygen atoms in total. The molecule has 0 aromatic rings. The maximum absolute atomic E-state index is 9.64. The van der Waals surface area contributed by atoms with Crippen LogP contribution >= 0.6 is 4.83 Å². The first kappa shape index (κ1) is 7.01. The molecule has 0 aromatic carbocycles. The zero-order valence-electron chi connectivity index (χ0n) is 2.74. The average Bonchev–Trinajstić information content (AvgIpc) is 1.35. The number of hydrogen-bond acceptors (Lipinski definition) is 2. The second kappa shape index (κ2) is 2.35. The van der Waals surface area contributed by atoms with Crippen LogP contribution in [-0.2, 0) is 4.57 Å². The predicted molar refractivity (Wildman–Crippen MR) is 22.0 cm³/mol. The molecule has 0 atom stereocenters. The molecular weight excluding hydrogens is 302 g/mol. The standard InChI is InChI=1S/H2N.HO3P.Po/c;1-4(2)3;/h1H2;(H-,1,2,3);/q-1;;/p+1. The van der Waals surface area contributed by atoms with E-state index in [4.69, 9.17) is 13.4 Å². The van der Waals surface area contributed by atoms with E-state index >= 15 is 0 Å². The Balaban J connectivity index is 3.48. The molecule has 0 heterocycles. The van der Waals surface area contributed by atoms with E-state index < -0.39 is 28.1 Å². The van der Waals surface area contributed by atoms with E-state index in [-0.39, 0.29) is 0 Å². The van der Waals surface area contributed by atoms with Crippen LogP contribution < -0.4 is 3.63 Å². The van der Waals surface area contributed by atoms with Crippen LogP contribution in [0, 0.1) is 0 Å². The van der Waals surface area contributed by atoms with Gasteiger partial charge in [-0.2, -0.15) is 0 Å². The maximum atomic E-state index is 9.64. The van der Waals surface area contributed by atoms with Gasteiger partial charge in [0.05, 0.1) is 0 Å². The average molecular weight is 306 g/mol. The molecule has 0 spiro atoms. The fraction of sp³-hybridized carbons (Fsp3) is 0. The van der Waals surface area contributed by atoms with Gasteiger partial charge in [-0.05, 0) is 0 Å². The molecule has 0 amide bonds. The SMILES string of the molecule is [NH2][Po][P](=O)(O)O. The summed E-state index contributed by atoms with van der Waals surface area (Å²) in [4.78, 5) is 12.1. The molecule has 0 radical (unpaired) electrons. The quantitative estimate of drug-likeness (QED) is 0.524. The van der Waals surface area contributed by atoms with Gasteiger partial charge in [0.25, 0.3) is 0 Å². The van der Waals surface area contributed by atoms with Crippen molar-refractivity contribution in [3.8, 4) is 0 Å². The van der Waals surface area contributed by atoms with E-state index in [2.05, 4.69) is 0 Å². The molecule has 0 aliphatic carbocycles. The Hall–Kier alpha value is 1.01. The minimum absolute atomic E-state index is 1.78. The third-order valence-electron chi connectivity index (χ3n) is 0.137. The Morgan fingerprint density at radius 3 is 1.83 bits per heavy atom. The third kappa shape index (κ3) is 5.01. The van der Waals surface area contributed by atoms with Crippen molar-refractivity contribution in [2.24, 2.45) is 3.63 Å². The van der Waals surface area contributed by atoms with Gasteiger partial charge in [-0.1, -0.05) is 0 Å². The minimum atomic E-state index is -3.70. The second-order valence-electron chi connectivity index (χ2n) is 0.596. The summed E-state index contributed by atoms with van der Waals surface area (Å²) in [6.07, 6.45) is 0. The summed E-state index contributed by atoms with van der Waals surface area (Å²) in [6, 6.07) is 0. The predicted octanol–water partition coefficient (Wildman–Crippen LogP) is -1.34. The van der Waals surface area contributed by atoms with E-state index in [0.29, 0.717) is 0 Å². The van der Waals surface area contributed by atoms with Crippen molar-refractivity contribution in [2.75, 3.05) is 0 Å². The molecule has 0 aliphatic rings. The van der Waals surface area contributed by atoms with Crippen molar-refractivity contribution in [1.82, 2.24) is 0 Å². The molecule has 0 aliphatic heterocycles. The van der Waals surface area contributed by atoms with Crippen molar-refractivity contribution in [2.45, 2.75) is 0 Å². The van der Waals surface area contributed by atoms with Gasteiger partial charge in [-0.25, -0.2) is 0 Å². The monoisotopic (exact) mass is 306 g/mol. The Morgan fingerprint density at radius 2 is 1.83 bits per heavy atom. The van der Waals surface area contributed by atoms with Crippen molar-refractivity contribution in [3.63, 3.8) is 0 Å². The zero-order chi connectivity index (χ0) is 5.21. The molecule has 4 N–H and O–H groups in total. The number of rotatable bonds is 1. The van der Waals surface area contributed by atoms with Gasteiger partial charge >= 0.3 is 46.1 Å². The molecule has 6 heavy (non-hydrogen) atoms. The molecule has 0 saturated heterocycles. The summed E-state index contributed by atoms with van der Waals surface area (Å²) < 4.78 is 14.4. The van der Waals surface area contributed by atoms with Crippen LogP contribution in [0.2, 0.25) is 0 Å². The molecule has 6 heteroatoms. The van der Waals surface area contributed by atoms with Gasteiger partial charge in [0.2, 0.25) is 0 Å². The Labute approximate surface area is 46.3 Å². The summed E-state index contributed by atoms with van der Waals surface area (Å²) >= 11 is -1.78.